The van der Waals surface area contributed by atoms with Gasteiger partial charge in [0.05, 0.1) is 6.54 Å². The summed E-state index contributed by atoms with van der Waals surface area (Å²) in [5, 5.41) is 0. The monoisotopic (exact) mass is 220 g/mol. The van der Waals surface area contributed by atoms with Crippen molar-refractivity contribution in [3.8, 4) is 0 Å². The number of hydrogen-bond acceptors (Lipinski definition) is 2. The third-order valence-electron chi connectivity index (χ3n) is 2.34. The molecule has 2 nitrogen and oxygen atoms in total. The highest BCUT2D eigenvalue weighted by Gasteiger charge is 2.11. The van der Waals surface area contributed by atoms with Crippen molar-refractivity contribution in [3.05, 3.63) is 0 Å². The lowest BCUT2D eigenvalue weighted by Gasteiger charge is -2.19. The molecule has 0 aromatic rings. The first kappa shape index (κ1) is 13.1. The molecular weight excluding hydrogens is 200 g/mol. The summed E-state index contributed by atoms with van der Waals surface area (Å²) in [6.07, 6.45) is 8.77. The molecule has 13 heavy (non-hydrogen) atoms. The molecule has 1 fully saturated rings. The average Bonchev–Trinajstić information content (AvgIpc) is 2.06. The molecular formula is C9H20N2S2. The van der Waals surface area contributed by atoms with Gasteiger partial charge in [-0.3, -0.25) is 0 Å². The Morgan fingerprint density at radius 1 is 1.38 bits per heavy atom. The van der Waals surface area contributed by atoms with Gasteiger partial charge in [-0.15, -0.1) is 0 Å². The van der Waals surface area contributed by atoms with E-state index in [9.17, 15) is 0 Å². The molecule has 78 valence electrons. The van der Waals surface area contributed by atoms with Crippen molar-refractivity contribution >= 4 is 29.2 Å². The maximum atomic E-state index is 4.66. The lowest BCUT2D eigenvalue weighted by atomic mass is 9.87. The summed E-state index contributed by atoms with van der Waals surface area (Å²) in [7, 11) is 0. The number of nitrogens with two attached hydrogens (primary N) is 1. The summed E-state index contributed by atoms with van der Waals surface area (Å²) in [4.78, 5) is 0. The molecule has 0 aromatic carbocycles. The van der Waals surface area contributed by atoms with Crippen LogP contribution < -0.4 is 11.5 Å². The molecule has 1 rings (SSSR count). The minimum absolute atomic E-state index is 0.0833. The van der Waals surface area contributed by atoms with Crippen molar-refractivity contribution in [2.24, 2.45) is 11.7 Å². The second-order valence-electron chi connectivity index (χ2n) is 3.47. The smallest absolute Gasteiger partial charge is 0.0742 e. The molecule has 0 spiro atoms. The van der Waals surface area contributed by atoms with Crippen molar-refractivity contribution in [1.29, 1.82) is 0 Å². The summed E-state index contributed by atoms with van der Waals surface area (Å²) in [5.74, 6) is 1.04. The SMILES string of the molecule is NC(=S)[S-].[NH3+]CCC1CCCCC1. The van der Waals surface area contributed by atoms with Crippen LogP contribution in [0.3, 0.4) is 0 Å². The van der Waals surface area contributed by atoms with Gasteiger partial charge in [0.25, 0.3) is 0 Å². The summed E-state index contributed by atoms with van der Waals surface area (Å²) >= 11 is 8.26. The molecule has 4 heteroatoms. The van der Waals surface area contributed by atoms with Crippen LogP contribution in [0.2, 0.25) is 0 Å². The van der Waals surface area contributed by atoms with Gasteiger partial charge in [-0.05, 0) is 12.3 Å². The van der Waals surface area contributed by atoms with Crippen LogP contribution in [0, 0.1) is 5.92 Å². The summed E-state index contributed by atoms with van der Waals surface area (Å²) in [6, 6.07) is 0. The lowest BCUT2D eigenvalue weighted by molar-refractivity contribution is -0.370. The van der Waals surface area contributed by atoms with E-state index in [2.05, 4.69) is 36.3 Å². The van der Waals surface area contributed by atoms with E-state index in [1.54, 1.807) is 0 Å². The van der Waals surface area contributed by atoms with Crippen molar-refractivity contribution in [2.45, 2.75) is 38.5 Å². The first-order valence-electron chi connectivity index (χ1n) is 4.92. The van der Waals surface area contributed by atoms with Gasteiger partial charge >= 0.3 is 0 Å². The van der Waals surface area contributed by atoms with Gasteiger partial charge < -0.3 is 36.3 Å². The maximum absolute atomic E-state index is 4.66. The molecule has 0 amide bonds. The maximum Gasteiger partial charge on any atom is 0.0742 e. The van der Waals surface area contributed by atoms with Crippen molar-refractivity contribution in [3.63, 3.8) is 0 Å². The van der Waals surface area contributed by atoms with E-state index in [-0.39, 0.29) is 4.32 Å². The molecule has 0 radical (unpaired) electrons. The van der Waals surface area contributed by atoms with Crippen LogP contribution in [0.5, 0.6) is 0 Å². The zero-order chi connectivity index (χ0) is 10.1. The van der Waals surface area contributed by atoms with Crippen LogP contribution >= 0.6 is 12.2 Å². The predicted octanol–water partition coefficient (Wildman–Crippen LogP) is 0.976. The van der Waals surface area contributed by atoms with E-state index in [0.29, 0.717) is 0 Å². The fraction of sp³-hybridized carbons (Fsp3) is 0.889. The average molecular weight is 220 g/mol. The quantitative estimate of drug-likeness (QED) is 0.539. The zero-order valence-corrected chi connectivity index (χ0v) is 9.76. The highest BCUT2D eigenvalue weighted by Crippen LogP contribution is 2.25. The van der Waals surface area contributed by atoms with E-state index in [0.717, 1.165) is 12.5 Å². The van der Waals surface area contributed by atoms with Gasteiger partial charge in [0.1, 0.15) is 0 Å². The minimum Gasteiger partial charge on any atom is -0.415 e. The van der Waals surface area contributed by atoms with Crippen LogP contribution in [0.25, 0.3) is 0 Å². The predicted molar refractivity (Wildman–Crippen MR) is 63.1 cm³/mol. The standard InChI is InChI=1S/C8H17N.CH3NS2/c9-7-6-8-4-2-1-3-5-8;2-1(3)4/h8H,1-7,9H2;(H3,2,3,4). The fourth-order valence-corrected chi connectivity index (χ4v) is 1.76. The summed E-state index contributed by atoms with van der Waals surface area (Å²) in [5.41, 5.74) is 8.54. The van der Waals surface area contributed by atoms with Crippen LogP contribution in [0.4, 0.5) is 0 Å². The highest BCUT2D eigenvalue weighted by atomic mass is 32.1. The largest absolute Gasteiger partial charge is 0.415 e. The first-order valence-corrected chi connectivity index (χ1v) is 5.74. The lowest BCUT2D eigenvalue weighted by Crippen LogP contribution is -2.50. The molecule has 0 heterocycles. The van der Waals surface area contributed by atoms with Gasteiger partial charge in [0.15, 0.2) is 0 Å². The minimum atomic E-state index is 0.0833. The summed E-state index contributed by atoms with van der Waals surface area (Å²) in [6.45, 7) is 1.14. The molecule has 1 aliphatic carbocycles. The van der Waals surface area contributed by atoms with Gasteiger partial charge in [-0.25, -0.2) is 0 Å². The van der Waals surface area contributed by atoms with Crippen LogP contribution in [0.1, 0.15) is 38.5 Å². The topological polar surface area (TPSA) is 53.7 Å². The normalized spacial score (nSPS) is 17.3. The second kappa shape index (κ2) is 8.66. The van der Waals surface area contributed by atoms with E-state index >= 15 is 0 Å². The molecule has 5 N–H and O–H groups in total. The van der Waals surface area contributed by atoms with Gasteiger partial charge in [0.2, 0.25) is 0 Å². The van der Waals surface area contributed by atoms with Gasteiger partial charge in [-0.2, -0.15) is 0 Å². The Balaban J connectivity index is 0.000000310. The molecule has 1 saturated carbocycles. The van der Waals surface area contributed by atoms with Crippen LogP contribution in [-0.4, -0.2) is 10.9 Å². The number of quaternary nitrogens is 1. The zero-order valence-electron chi connectivity index (χ0n) is 8.13. The van der Waals surface area contributed by atoms with Gasteiger partial charge in [0, 0.05) is 0 Å². The van der Waals surface area contributed by atoms with E-state index in [1.165, 1.54) is 38.5 Å². The Hall–Kier alpha value is 0.0700. The second-order valence-corrected chi connectivity index (χ2v) is 4.60. The number of hydrogen-bond donors (Lipinski definition) is 2. The third-order valence-corrected chi connectivity index (χ3v) is 2.34. The molecule has 0 aromatic heterocycles. The Morgan fingerprint density at radius 2 is 1.85 bits per heavy atom. The van der Waals surface area contributed by atoms with Crippen molar-refractivity contribution in [1.82, 2.24) is 0 Å². The van der Waals surface area contributed by atoms with Crippen molar-refractivity contribution in [2.75, 3.05) is 6.54 Å². The van der Waals surface area contributed by atoms with Crippen LogP contribution in [-0.2, 0) is 12.6 Å². The molecule has 0 saturated heterocycles. The van der Waals surface area contributed by atoms with E-state index in [4.69, 9.17) is 0 Å². The molecule has 0 unspecified atom stereocenters. The highest BCUT2D eigenvalue weighted by molar-refractivity contribution is 8.00. The van der Waals surface area contributed by atoms with Crippen molar-refractivity contribution < 1.29 is 5.73 Å². The molecule has 0 bridgehead atoms. The number of thiocarbonyl (C=S) groups is 1. The molecule has 1 aliphatic rings. The fourth-order valence-electron chi connectivity index (χ4n) is 1.76. The third kappa shape index (κ3) is 9.99. The first-order chi connectivity index (χ1) is 6.16. The Morgan fingerprint density at radius 3 is 2.23 bits per heavy atom. The molecule has 0 aliphatic heterocycles. The van der Waals surface area contributed by atoms with Crippen LogP contribution in [0.15, 0.2) is 0 Å². The molecule has 0 atom stereocenters. The van der Waals surface area contributed by atoms with E-state index in [1.807, 2.05) is 0 Å². The Labute approximate surface area is 91.9 Å². The Bertz CT molecular complexity index is 127. The number of rotatable bonds is 2. The Kier molecular flexibility index (Phi) is 8.71. The summed E-state index contributed by atoms with van der Waals surface area (Å²) < 4.78 is 0.0833. The van der Waals surface area contributed by atoms with E-state index < -0.39 is 0 Å². The van der Waals surface area contributed by atoms with Gasteiger partial charge in [-0.1, -0.05) is 36.4 Å².